The standard InChI is InChI=1S/C17H21N3O5/c1-5-19-11(4)14(16(21)25-10(2)3)15(18-17(19)22)12-6-8-13(9-7-12)20(23)24/h6-10,15H,5H2,1-4H3,(H,18,22)/t15-/m0/s1. The van der Waals surface area contributed by atoms with Crippen LogP contribution in [0.1, 0.15) is 39.3 Å². The van der Waals surface area contributed by atoms with Crippen LogP contribution >= 0.6 is 0 Å². The maximum atomic E-state index is 12.6. The van der Waals surface area contributed by atoms with Crippen molar-refractivity contribution < 1.29 is 19.2 Å². The topological polar surface area (TPSA) is 102 Å². The van der Waals surface area contributed by atoms with E-state index in [0.717, 1.165) is 0 Å². The Balaban J connectivity index is 2.49. The number of non-ortho nitro benzene ring substituents is 1. The van der Waals surface area contributed by atoms with Gasteiger partial charge in [0.15, 0.2) is 0 Å². The number of nitro benzene ring substituents is 1. The minimum absolute atomic E-state index is 0.0620. The molecule has 0 bridgehead atoms. The predicted octanol–water partition coefficient (Wildman–Crippen LogP) is 2.91. The van der Waals surface area contributed by atoms with Gasteiger partial charge in [0, 0.05) is 24.4 Å². The smallest absolute Gasteiger partial charge is 0.338 e. The summed E-state index contributed by atoms with van der Waals surface area (Å²) in [5.41, 5.74) is 1.35. The summed E-state index contributed by atoms with van der Waals surface area (Å²) in [6, 6.07) is 4.69. The molecule has 0 aromatic heterocycles. The fourth-order valence-corrected chi connectivity index (χ4v) is 2.74. The Kier molecular flexibility index (Phi) is 5.41. The number of carbonyl (C=O) groups excluding carboxylic acids is 2. The van der Waals surface area contributed by atoms with Crippen molar-refractivity contribution in [3.63, 3.8) is 0 Å². The van der Waals surface area contributed by atoms with Crippen molar-refractivity contribution in [2.24, 2.45) is 0 Å². The molecule has 25 heavy (non-hydrogen) atoms. The van der Waals surface area contributed by atoms with E-state index >= 15 is 0 Å². The predicted molar refractivity (Wildman–Crippen MR) is 90.7 cm³/mol. The molecular formula is C17H21N3O5. The highest BCUT2D eigenvalue weighted by Gasteiger charge is 2.36. The number of nitrogens with zero attached hydrogens (tertiary/aromatic N) is 2. The molecule has 1 atom stereocenters. The van der Waals surface area contributed by atoms with Gasteiger partial charge in [0.2, 0.25) is 0 Å². The molecule has 0 radical (unpaired) electrons. The maximum absolute atomic E-state index is 12.6. The molecule has 0 saturated carbocycles. The maximum Gasteiger partial charge on any atom is 0.338 e. The zero-order valence-corrected chi connectivity index (χ0v) is 14.6. The van der Waals surface area contributed by atoms with Gasteiger partial charge in [-0.3, -0.25) is 15.0 Å². The normalized spacial score (nSPS) is 17.6. The summed E-state index contributed by atoms with van der Waals surface area (Å²) in [7, 11) is 0. The number of benzene rings is 1. The first kappa shape index (κ1) is 18.4. The summed E-state index contributed by atoms with van der Waals surface area (Å²) < 4.78 is 5.32. The third-order valence-electron chi connectivity index (χ3n) is 3.91. The highest BCUT2D eigenvalue weighted by molar-refractivity contribution is 5.95. The summed E-state index contributed by atoms with van der Waals surface area (Å²) in [4.78, 5) is 36.7. The number of rotatable bonds is 5. The number of nitrogens with one attached hydrogen (secondary N) is 1. The number of carbonyl (C=O) groups is 2. The second-order valence-electron chi connectivity index (χ2n) is 5.93. The van der Waals surface area contributed by atoms with Crippen molar-refractivity contribution in [3.8, 4) is 0 Å². The molecular weight excluding hydrogens is 326 g/mol. The largest absolute Gasteiger partial charge is 0.459 e. The van der Waals surface area contributed by atoms with Gasteiger partial charge in [0.05, 0.1) is 22.6 Å². The van der Waals surface area contributed by atoms with Crippen LogP contribution in [0, 0.1) is 10.1 Å². The van der Waals surface area contributed by atoms with E-state index in [1.54, 1.807) is 27.7 Å². The number of hydrogen-bond acceptors (Lipinski definition) is 5. The van der Waals surface area contributed by atoms with Crippen LogP contribution in [0.5, 0.6) is 0 Å². The van der Waals surface area contributed by atoms with E-state index in [1.807, 2.05) is 0 Å². The summed E-state index contributed by atoms with van der Waals surface area (Å²) in [5.74, 6) is -0.519. The van der Waals surface area contributed by atoms with E-state index < -0.39 is 16.9 Å². The first-order chi connectivity index (χ1) is 11.8. The molecule has 1 N–H and O–H groups in total. The Morgan fingerprint density at radius 1 is 1.36 bits per heavy atom. The van der Waals surface area contributed by atoms with E-state index in [1.165, 1.54) is 29.2 Å². The Morgan fingerprint density at radius 3 is 2.44 bits per heavy atom. The molecule has 0 spiro atoms. The lowest BCUT2D eigenvalue weighted by Crippen LogP contribution is -2.48. The minimum atomic E-state index is -0.720. The van der Waals surface area contributed by atoms with Crippen LogP contribution in [0.15, 0.2) is 35.5 Å². The molecule has 1 aromatic rings. The van der Waals surface area contributed by atoms with E-state index in [9.17, 15) is 19.7 Å². The van der Waals surface area contributed by atoms with Crippen molar-refractivity contribution in [1.82, 2.24) is 10.2 Å². The third kappa shape index (κ3) is 3.78. The van der Waals surface area contributed by atoms with Gasteiger partial charge in [-0.15, -0.1) is 0 Å². The third-order valence-corrected chi connectivity index (χ3v) is 3.91. The summed E-state index contributed by atoms with van der Waals surface area (Å²) in [6.07, 6.45) is -0.307. The second kappa shape index (κ2) is 7.33. The number of esters is 1. The summed E-state index contributed by atoms with van der Waals surface area (Å²) in [6.45, 7) is 7.39. The molecule has 2 amide bonds. The Morgan fingerprint density at radius 2 is 1.96 bits per heavy atom. The van der Waals surface area contributed by atoms with E-state index in [2.05, 4.69) is 5.32 Å². The average molecular weight is 347 g/mol. The van der Waals surface area contributed by atoms with Crippen molar-refractivity contribution in [1.29, 1.82) is 0 Å². The lowest BCUT2D eigenvalue weighted by molar-refractivity contribution is -0.384. The monoisotopic (exact) mass is 347 g/mol. The molecule has 8 nitrogen and oxygen atoms in total. The first-order valence-electron chi connectivity index (χ1n) is 8.00. The van der Waals surface area contributed by atoms with Gasteiger partial charge in [0.25, 0.3) is 5.69 Å². The molecule has 8 heteroatoms. The lowest BCUT2D eigenvalue weighted by atomic mass is 9.94. The summed E-state index contributed by atoms with van der Waals surface area (Å²) in [5, 5.41) is 13.6. The number of allylic oxidation sites excluding steroid dienone is 1. The van der Waals surface area contributed by atoms with E-state index in [-0.39, 0.29) is 17.8 Å². The van der Waals surface area contributed by atoms with Crippen LogP contribution in [0.3, 0.4) is 0 Å². The Hall–Kier alpha value is -2.90. The van der Waals surface area contributed by atoms with E-state index in [4.69, 9.17) is 4.74 Å². The van der Waals surface area contributed by atoms with Gasteiger partial charge in [-0.25, -0.2) is 9.59 Å². The van der Waals surface area contributed by atoms with Gasteiger partial charge in [-0.2, -0.15) is 0 Å². The van der Waals surface area contributed by atoms with Gasteiger partial charge < -0.3 is 10.1 Å². The number of ether oxygens (including phenoxy) is 1. The zero-order valence-electron chi connectivity index (χ0n) is 14.6. The molecule has 0 fully saturated rings. The van der Waals surface area contributed by atoms with Crippen LogP contribution in [0.2, 0.25) is 0 Å². The van der Waals surface area contributed by atoms with Crippen molar-refractivity contribution in [2.45, 2.75) is 39.8 Å². The van der Waals surface area contributed by atoms with Gasteiger partial charge in [0.1, 0.15) is 0 Å². The number of amides is 2. The molecule has 0 saturated heterocycles. The lowest BCUT2D eigenvalue weighted by Gasteiger charge is -2.35. The molecule has 2 rings (SSSR count). The molecule has 134 valence electrons. The van der Waals surface area contributed by atoms with E-state index in [0.29, 0.717) is 23.4 Å². The van der Waals surface area contributed by atoms with Crippen LogP contribution in [-0.4, -0.2) is 34.5 Å². The Labute approximate surface area is 145 Å². The van der Waals surface area contributed by atoms with Crippen LogP contribution in [0.25, 0.3) is 0 Å². The summed E-state index contributed by atoms with van der Waals surface area (Å²) >= 11 is 0. The first-order valence-corrected chi connectivity index (χ1v) is 8.00. The van der Waals surface area contributed by atoms with Crippen molar-refractivity contribution in [2.75, 3.05) is 6.54 Å². The molecule has 1 aromatic carbocycles. The van der Waals surface area contributed by atoms with Gasteiger partial charge in [-0.05, 0) is 45.4 Å². The molecule has 1 aliphatic heterocycles. The number of hydrogen-bond donors (Lipinski definition) is 1. The van der Waals surface area contributed by atoms with Crippen LogP contribution in [0.4, 0.5) is 10.5 Å². The number of nitro groups is 1. The number of urea groups is 1. The highest BCUT2D eigenvalue weighted by Crippen LogP contribution is 2.32. The fourth-order valence-electron chi connectivity index (χ4n) is 2.74. The average Bonchev–Trinajstić information content (AvgIpc) is 2.53. The zero-order chi connectivity index (χ0) is 18.7. The molecule has 0 unspecified atom stereocenters. The van der Waals surface area contributed by atoms with Crippen LogP contribution < -0.4 is 5.32 Å². The Bertz CT molecular complexity index is 724. The fraction of sp³-hybridized carbons (Fsp3) is 0.412. The van der Waals surface area contributed by atoms with Crippen molar-refractivity contribution >= 4 is 17.7 Å². The highest BCUT2D eigenvalue weighted by atomic mass is 16.6. The van der Waals surface area contributed by atoms with Gasteiger partial charge >= 0.3 is 12.0 Å². The molecule has 1 aliphatic rings. The van der Waals surface area contributed by atoms with Crippen molar-refractivity contribution in [3.05, 3.63) is 51.2 Å². The van der Waals surface area contributed by atoms with Gasteiger partial charge in [-0.1, -0.05) is 0 Å². The van der Waals surface area contributed by atoms with Crippen LogP contribution in [-0.2, 0) is 9.53 Å². The molecule has 0 aliphatic carbocycles. The second-order valence-corrected chi connectivity index (χ2v) is 5.93. The quantitative estimate of drug-likeness (QED) is 0.501. The molecule has 1 heterocycles. The minimum Gasteiger partial charge on any atom is -0.459 e. The SMILES string of the molecule is CCN1C(=O)N[C@@H](c2ccc([N+](=O)[O-])cc2)C(C(=O)OC(C)C)=C1C.